The molecule has 80 valence electrons. The Morgan fingerprint density at radius 2 is 2.13 bits per heavy atom. The van der Waals surface area contributed by atoms with Gasteiger partial charge in [-0.15, -0.1) is 0 Å². The first kappa shape index (κ1) is 11.3. The highest BCUT2D eigenvalue weighted by molar-refractivity contribution is 6.02. The van der Waals surface area contributed by atoms with Gasteiger partial charge in [-0.25, -0.2) is 0 Å². The third-order valence-corrected chi connectivity index (χ3v) is 1.86. The molecule has 0 bridgehead atoms. The number of rotatable bonds is 3. The largest absolute Gasteiger partial charge is 0.421 e. The average molecular weight is 210 g/mol. The molecule has 5 nitrogen and oxygen atoms in total. The van der Waals surface area contributed by atoms with E-state index in [-0.39, 0.29) is 5.57 Å². The maximum absolute atomic E-state index is 11.5. The van der Waals surface area contributed by atoms with Crippen LogP contribution in [0.3, 0.4) is 0 Å². The molecule has 0 saturated heterocycles. The minimum atomic E-state index is -1.79. The Balaban J connectivity index is 3.10. The molecule has 0 radical (unpaired) electrons. The lowest BCUT2D eigenvalue weighted by atomic mass is 10.0. The van der Waals surface area contributed by atoms with Crippen LogP contribution in [0.4, 0.5) is 0 Å². The number of aldehydes is 1. The van der Waals surface area contributed by atoms with Crippen molar-refractivity contribution in [2.75, 3.05) is 7.11 Å². The molecule has 0 heterocycles. The van der Waals surface area contributed by atoms with Gasteiger partial charge in [0.2, 0.25) is 5.78 Å². The number of allylic oxidation sites excluding steroid dienone is 2. The monoisotopic (exact) mass is 210 g/mol. The molecular weight excluding hydrogens is 200 g/mol. The smallest absolute Gasteiger partial charge is 0.305 e. The number of ketones is 1. The van der Waals surface area contributed by atoms with Crippen molar-refractivity contribution in [3.05, 3.63) is 23.8 Å². The molecule has 0 fully saturated rings. The van der Waals surface area contributed by atoms with Gasteiger partial charge in [0.05, 0.1) is 0 Å². The van der Waals surface area contributed by atoms with Crippen LogP contribution in [0, 0.1) is 0 Å². The predicted molar refractivity (Wildman–Crippen MR) is 49.8 cm³/mol. The van der Waals surface area contributed by atoms with Crippen LogP contribution in [-0.4, -0.2) is 30.9 Å². The zero-order valence-corrected chi connectivity index (χ0v) is 8.35. The molecule has 0 saturated carbocycles. The third-order valence-electron chi connectivity index (χ3n) is 1.86. The minimum Gasteiger partial charge on any atom is -0.421 e. The Kier molecular flexibility index (Phi) is 3.16. The first-order valence-electron chi connectivity index (χ1n) is 4.19. The number of carbonyl (C=O) groups is 3. The minimum absolute atomic E-state index is 0.220. The summed E-state index contributed by atoms with van der Waals surface area (Å²) in [5.41, 5.74) is 0.220. The topological polar surface area (TPSA) is 69.7 Å². The van der Waals surface area contributed by atoms with Crippen molar-refractivity contribution < 1.29 is 23.9 Å². The van der Waals surface area contributed by atoms with E-state index in [1.54, 1.807) is 0 Å². The van der Waals surface area contributed by atoms with Gasteiger partial charge in [-0.1, -0.05) is 0 Å². The van der Waals surface area contributed by atoms with Crippen LogP contribution in [0.15, 0.2) is 23.8 Å². The highest BCUT2D eigenvalue weighted by Gasteiger charge is 2.40. The van der Waals surface area contributed by atoms with Crippen molar-refractivity contribution in [2.24, 2.45) is 0 Å². The molecule has 0 amide bonds. The molecule has 1 atom stereocenters. The van der Waals surface area contributed by atoms with Crippen molar-refractivity contribution >= 4 is 18.0 Å². The van der Waals surface area contributed by atoms with Crippen molar-refractivity contribution in [3.8, 4) is 0 Å². The van der Waals surface area contributed by atoms with E-state index in [0.29, 0.717) is 6.29 Å². The standard InChI is InChI=1S/C10H10O5/c1-7(12)15-10(14-2)5-8(6-11)3-4-9(10)13/h3-6H,1-2H3/t10-/m1/s1. The molecule has 15 heavy (non-hydrogen) atoms. The highest BCUT2D eigenvalue weighted by atomic mass is 16.7. The second kappa shape index (κ2) is 4.18. The van der Waals surface area contributed by atoms with Gasteiger partial charge in [0.25, 0.3) is 5.79 Å². The molecule has 1 aliphatic carbocycles. The highest BCUT2D eigenvalue weighted by Crippen LogP contribution is 2.23. The van der Waals surface area contributed by atoms with E-state index in [2.05, 4.69) is 0 Å². The third kappa shape index (κ3) is 2.19. The molecule has 0 aromatic carbocycles. The summed E-state index contributed by atoms with van der Waals surface area (Å²) in [6.07, 6.45) is 4.18. The van der Waals surface area contributed by atoms with Gasteiger partial charge in [0.15, 0.2) is 0 Å². The van der Waals surface area contributed by atoms with Gasteiger partial charge in [-0.2, -0.15) is 0 Å². The average Bonchev–Trinajstić information content (AvgIpc) is 2.20. The van der Waals surface area contributed by atoms with Crippen LogP contribution in [0.1, 0.15) is 6.92 Å². The van der Waals surface area contributed by atoms with E-state index >= 15 is 0 Å². The van der Waals surface area contributed by atoms with Crippen molar-refractivity contribution in [1.82, 2.24) is 0 Å². The second-order valence-corrected chi connectivity index (χ2v) is 2.93. The van der Waals surface area contributed by atoms with Crippen molar-refractivity contribution in [2.45, 2.75) is 12.7 Å². The van der Waals surface area contributed by atoms with Crippen LogP contribution in [0.25, 0.3) is 0 Å². The summed E-state index contributed by atoms with van der Waals surface area (Å²) in [7, 11) is 1.22. The number of methoxy groups -OCH3 is 1. The molecule has 0 spiro atoms. The molecule has 1 aliphatic rings. The Hall–Kier alpha value is -1.75. The van der Waals surface area contributed by atoms with Crippen molar-refractivity contribution in [1.29, 1.82) is 0 Å². The zero-order valence-electron chi connectivity index (χ0n) is 8.35. The first-order valence-corrected chi connectivity index (χ1v) is 4.19. The Bertz CT molecular complexity index is 366. The van der Waals surface area contributed by atoms with E-state index in [1.807, 2.05) is 0 Å². The maximum Gasteiger partial charge on any atom is 0.305 e. The summed E-state index contributed by atoms with van der Waals surface area (Å²) in [5, 5.41) is 0. The zero-order chi connectivity index (χ0) is 11.5. The fourth-order valence-electron chi connectivity index (χ4n) is 1.19. The number of carbonyl (C=O) groups excluding carboxylic acids is 3. The van der Waals surface area contributed by atoms with Crippen LogP contribution in [0.5, 0.6) is 0 Å². The van der Waals surface area contributed by atoms with Gasteiger partial charge in [-0.3, -0.25) is 14.4 Å². The van der Waals surface area contributed by atoms with Gasteiger partial charge >= 0.3 is 5.97 Å². The van der Waals surface area contributed by atoms with Gasteiger partial charge in [0.1, 0.15) is 6.29 Å². The summed E-state index contributed by atoms with van der Waals surface area (Å²) in [6.45, 7) is 1.15. The number of hydrogen-bond acceptors (Lipinski definition) is 5. The van der Waals surface area contributed by atoms with Gasteiger partial charge < -0.3 is 9.47 Å². The fraction of sp³-hybridized carbons (Fsp3) is 0.300. The molecule has 1 rings (SSSR count). The molecule has 0 aliphatic heterocycles. The second-order valence-electron chi connectivity index (χ2n) is 2.93. The lowest BCUT2D eigenvalue weighted by Crippen LogP contribution is -2.43. The fourth-order valence-corrected chi connectivity index (χ4v) is 1.19. The Labute approximate surface area is 86.4 Å². The molecular formula is C10H10O5. The molecule has 0 N–H and O–H groups in total. The van der Waals surface area contributed by atoms with Gasteiger partial charge in [-0.05, 0) is 12.2 Å². The summed E-state index contributed by atoms with van der Waals surface area (Å²) in [4.78, 5) is 32.8. The van der Waals surface area contributed by atoms with E-state index in [9.17, 15) is 14.4 Å². The lowest BCUT2D eigenvalue weighted by molar-refractivity contribution is -0.199. The van der Waals surface area contributed by atoms with E-state index in [4.69, 9.17) is 9.47 Å². The summed E-state index contributed by atoms with van der Waals surface area (Å²) < 4.78 is 9.63. The number of hydrogen-bond donors (Lipinski definition) is 0. The van der Waals surface area contributed by atoms with Crippen LogP contribution >= 0.6 is 0 Å². The Morgan fingerprint density at radius 1 is 1.47 bits per heavy atom. The van der Waals surface area contributed by atoms with E-state index < -0.39 is 17.5 Å². The summed E-state index contributed by atoms with van der Waals surface area (Å²) in [6, 6.07) is 0. The van der Waals surface area contributed by atoms with Crippen LogP contribution < -0.4 is 0 Å². The molecule has 5 heteroatoms. The van der Waals surface area contributed by atoms with Gasteiger partial charge in [0, 0.05) is 25.7 Å². The number of esters is 1. The van der Waals surface area contributed by atoms with Crippen LogP contribution in [-0.2, 0) is 23.9 Å². The molecule has 0 unspecified atom stereocenters. The predicted octanol–water partition coefficient (Wildman–Crippen LogP) is 0.156. The van der Waals surface area contributed by atoms with Crippen LogP contribution in [0.2, 0.25) is 0 Å². The van der Waals surface area contributed by atoms with E-state index in [0.717, 1.165) is 13.0 Å². The van der Waals surface area contributed by atoms with Crippen molar-refractivity contribution in [3.63, 3.8) is 0 Å². The first-order chi connectivity index (χ1) is 7.04. The number of ether oxygens (including phenoxy) is 2. The lowest BCUT2D eigenvalue weighted by Gasteiger charge is -2.27. The maximum atomic E-state index is 11.5. The summed E-state index contributed by atoms with van der Waals surface area (Å²) >= 11 is 0. The quantitative estimate of drug-likeness (QED) is 0.377. The summed E-state index contributed by atoms with van der Waals surface area (Å²) in [5.74, 6) is -3.00. The Morgan fingerprint density at radius 3 is 2.60 bits per heavy atom. The molecule has 0 aromatic rings. The SMILES string of the molecule is CO[C@@]1(OC(C)=O)C=C(C=O)C=CC1=O. The normalized spacial score (nSPS) is 24.7. The molecule has 0 aromatic heterocycles. The van der Waals surface area contributed by atoms with E-state index in [1.165, 1.54) is 19.3 Å².